The molecule has 2 N–H and O–H groups in total. The van der Waals surface area contributed by atoms with Crippen LogP contribution in [0.4, 0.5) is 0 Å². The normalized spacial score (nSPS) is 39.3. The predicted molar refractivity (Wildman–Crippen MR) is 200 cm³/mol. The molecule has 1 aromatic rings. The number of carbonyl (C=O) groups excluding carboxylic acids is 1. The average molecular weight is 672 g/mol. The van der Waals surface area contributed by atoms with Gasteiger partial charge in [-0.1, -0.05) is 65.0 Å². The molecular weight excluding hydrogens is 606 g/mol. The molecule has 0 aromatic heterocycles. The number of hydrogen-bond acceptors (Lipinski definition) is 4. The molecule has 0 spiro atoms. The minimum Gasteiger partial charge on any atom is -0.478 e. The quantitative estimate of drug-likeness (QED) is 0.259. The number of likely N-dealkylation sites (N-methyl/N-ethyl adjacent to an activating group) is 2. The summed E-state index contributed by atoms with van der Waals surface area (Å²) < 4.78 is 0. The Balaban J connectivity index is 1.34. The van der Waals surface area contributed by atoms with E-state index < -0.39 is 5.97 Å². The highest BCUT2D eigenvalue weighted by Crippen LogP contribution is 2.77. The molecule has 9 atom stereocenters. The van der Waals surface area contributed by atoms with Crippen LogP contribution in [0.25, 0.3) is 5.57 Å². The van der Waals surface area contributed by atoms with Crippen molar-refractivity contribution in [2.24, 2.45) is 56.7 Å². The van der Waals surface area contributed by atoms with Gasteiger partial charge in [-0.15, -0.1) is 0 Å². The van der Waals surface area contributed by atoms with E-state index in [1.54, 1.807) is 12.1 Å². The molecule has 4 saturated carbocycles. The molecule has 0 aliphatic heterocycles. The van der Waals surface area contributed by atoms with Crippen LogP contribution in [0.5, 0.6) is 0 Å². The predicted octanol–water partition coefficient (Wildman–Crippen LogP) is 8.26. The zero-order valence-corrected chi connectivity index (χ0v) is 32.1. The summed E-state index contributed by atoms with van der Waals surface area (Å²) in [7, 11) is 8.45. The first-order chi connectivity index (χ1) is 22.9. The number of rotatable bonds is 9. The molecule has 4 fully saturated rings. The number of fused-ring (bicyclic) bond motifs is 7. The van der Waals surface area contributed by atoms with Crippen molar-refractivity contribution in [3.63, 3.8) is 0 Å². The van der Waals surface area contributed by atoms with Gasteiger partial charge in [-0.3, -0.25) is 4.79 Å². The summed E-state index contributed by atoms with van der Waals surface area (Å²) in [5.41, 5.74) is 4.48. The number of nitrogens with zero attached hydrogens (tertiary/aromatic N) is 2. The standard InChI is InChI=1S/C43H65N3O3/c1-28(27-46(9)10)31-17-22-43(38(49)44-25-26-45(7)8)24-23-41(5)33(36(31)43)15-16-35-40(4)20-18-32(29-11-13-30(14-12-29)37(47)48)39(2,3)34(40)19-21-42(35,41)6/h11-14,18,31,33-36H,1,15-17,19-27H2,2-10H3,(H,44,49)(H,47,48). The molecule has 6 nitrogen and oxygen atoms in total. The molecule has 6 rings (SSSR count). The molecule has 5 aliphatic rings. The third-order valence-electron chi connectivity index (χ3n) is 15.8. The Morgan fingerprint density at radius 3 is 2.18 bits per heavy atom. The van der Waals surface area contributed by atoms with Crippen LogP contribution in [-0.2, 0) is 4.79 Å². The number of allylic oxidation sites excluding steroid dienone is 2. The third-order valence-corrected chi connectivity index (χ3v) is 15.8. The maximum absolute atomic E-state index is 14.4. The molecule has 9 unspecified atom stereocenters. The average Bonchev–Trinajstić information content (AvgIpc) is 3.42. The van der Waals surface area contributed by atoms with Crippen molar-refractivity contribution in [2.45, 2.75) is 92.4 Å². The highest BCUT2D eigenvalue weighted by molar-refractivity contribution is 5.88. The third kappa shape index (κ3) is 5.57. The largest absolute Gasteiger partial charge is 0.478 e. The first-order valence-corrected chi connectivity index (χ1v) is 19.2. The molecule has 270 valence electrons. The fourth-order valence-corrected chi connectivity index (χ4v) is 13.4. The summed E-state index contributed by atoms with van der Waals surface area (Å²) in [6.45, 7) is 20.0. The van der Waals surface area contributed by atoms with E-state index in [4.69, 9.17) is 6.58 Å². The van der Waals surface area contributed by atoms with Crippen LogP contribution in [-0.4, -0.2) is 74.6 Å². The summed E-state index contributed by atoms with van der Waals surface area (Å²) >= 11 is 0. The Bertz CT molecular complexity index is 1490. The fourth-order valence-electron chi connectivity index (χ4n) is 13.4. The van der Waals surface area contributed by atoms with Gasteiger partial charge in [0.25, 0.3) is 0 Å². The SMILES string of the molecule is C=C(CN(C)C)C1CCC2(C(=O)NCCN(C)C)CCC3(C)C(CCC4C5(C)CC=C(c6ccc(C(=O)O)cc6)C(C)(C)C5CCC43C)C12. The van der Waals surface area contributed by atoms with Gasteiger partial charge in [0.2, 0.25) is 5.91 Å². The van der Waals surface area contributed by atoms with Crippen LogP contribution in [0, 0.1) is 56.7 Å². The lowest BCUT2D eigenvalue weighted by molar-refractivity contribution is -0.225. The lowest BCUT2D eigenvalue weighted by atomic mass is 9.32. The highest BCUT2D eigenvalue weighted by Gasteiger charge is 2.71. The number of carbonyl (C=O) groups is 2. The van der Waals surface area contributed by atoms with Crippen LogP contribution < -0.4 is 5.32 Å². The number of carboxylic acid groups (broad SMARTS) is 1. The van der Waals surface area contributed by atoms with E-state index in [2.05, 4.69) is 84.0 Å². The molecule has 0 bridgehead atoms. The molecule has 1 aromatic carbocycles. The van der Waals surface area contributed by atoms with Crippen molar-refractivity contribution < 1.29 is 14.7 Å². The zero-order valence-electron chi connectivity index (χ0n) is 32.1. The maximum atomic E-state index is 14.4. The zero-order chi connectivity index (χ0) is 35.7. The van der Waals surface area contributed by atoms with Crippen LogP contribution in [0.15, 0.2) is 42.5 Å². The van der Waals surface area contributed by atoms with Gasteiger partial charge in [0.1, 0.15) is 0 Å². The van der Waals surface area contributed by atoms with Gasteiger partial charge >= 0.3 is 5.97 Å². The Kier molecular flexibility index (Phi) is 9.39. The van der Waals surface area contributed by atoms with Crippen molar-refractivity contribution >= 4 is 17.4 Å². The fraction of sp³-hybridized carbons (Fsp3) is 0.721. The van der Waals surface area contributed by atoms with E-state index in [1.165, 1.54) is 42.4 Å². The lowest BCUT2D eigenvalue weighted by Crippen LogP contribution is -2.66. The second kappa shape index (κ2) is 12.7. The molecule has 0 saturated heterocycles. The van der Waals surface area contributed by atoms with Crippen LogP contribution >= 0.6 is 0 Å². The Hall–Kier alpha value is -2.44. The number of aromatic carboxylic acids is 1. The van der Waals surface area contributed by atoms with Crippen molar-refractivity contribution in [1.82, 2.24) is 15.1 Å². The smallest absolute Gasteiger partial charge is 0.335 e. The molecule has 0 radical (unpaired) electrons. The van der Waals surface area contributed by atoms with Gasteiger partial charge in [0.15, 0.2) is 0 Å². The van der Waals surface area contributed by atoms with E-state index in [-0.39, 0.29) is 27.1 Å². The van der Waals surface area contributed by atoms with E-state index in [0.29, 0.717) is 47.6 Å². The molecule has 49 heavy (non-hydrogen) atoms. The minimum absolute atomic E-state index is 0.0103. The van der Waals surface area contributed by atoms with Gasteiger partial charge in [-0.2, -0.15) is 0 Å². The summed E-state index contributed by atoms with van der Waals surface area (Å²) in [4.78, 5) is 30.4. The van der Waals surface area contributed by atoms with Crippen molar-refractivity contribution in [2.75, 3.05) is 47.8 Å². The molecule has 0 heterocycles. The van der Waals surface area contributed by atoms with Crippen LogP contribution in [0.1, 0.15) is 108 Å². The van der Waals surface area contributed by atoms with Crippen LogP contribution in [0.3, 0.4) is 0 Å². The van der Waals surface area contributed by atoms with Crippen molar-refractivity contribution in [3.05, 3.63) is 53.6 Å². The van der Waals surface area contributed by atoms with Crippen molar-refractivity contribution in [3.8, 4) is 0 Å². The van der Waals surface area contributed by atoms with Gasteiger partial charge < -0.3 is 20.2 Å². The lowest BCUT2D eigenvalue weighted by Gasteiger charge is -2.72. The van der Waals surface area contributed by atoms with Gasteiger partial charge in [0.05, 0.1) is 11.0 Å². The Labute approximate surface area is 297 Å². The first kappa shape index (κ1) is 36.4. The molecule has 5 aliphatic carbocycles. The first-order valence-electron chi connectivity index (χ1n) is 19.2. The monoisotopic (exact) mass is 672 g/mol. The molecule has 6 heteroatoms. The summed E-state index contributed by atoms with van der Waals surface area (Å²) in [5, 5.41) is 12.9. The van der Waals surface area contributed by atoms with Gasteiger partial charge in [0, 0.05) is 19.6 Å². The summed E-state index contributed by atoms with van der Waals surface area (Å²) in [5.74, 6) is 1.88. The van der Waals surface area contributed by atoms with Crippen molar-refractivity contribution in [1.29, 1.82) is 0 Å². The number of benzene rings is 1. The minimum atomic E-state index is -0.873. The van der Waals surface area contributed by atoms with Gasteiger partial charge in [-0.05, 0) is 160 Å². The Morgan fingerprint density at radius 2 is 1.55 bits per heavy atom. The number of carboxylic acids is 1. The summed E-state index contributed by atoms with van der Waals surface area (Å²) in [6.07, 6.45) is 12.7. The Morgan fingerprint density at radius 1 is 0.857 bits per heavy atom. The van der Waals surface area contributed by atoms with E-state index in [0.717, 1.165) is 45.2 Å². The van der Waals surface area contributed by atoms with E-state index in [1.807, 2.05) is 12.1 Å². The molecular formula is C43H65N3O3. The van der Waals surface area contributed by atoms with E-state index >= 15 is 0 Å². The topological polar surface area (TPSA) is 72.9 Å². The van der Waals surface area contributed by atoms with Crippen LogP contribution in [0.2, 0.25) is 0 Å². The summed E-state index contributed by atoms with van der Waals surface area (Å²) in [6, 6.07) is 7.56. The second-order valence-electron chi connectivity index (χ2n) is 18.9. The van der Waals surface area contributed by atoms with Gasteiger partial charge in [-0.25, -0.2) is 4.79 Å². The number of amides is 1. The number of hydrogen-bond donors (Lipinski definition) is 2. The van der Waals surface area contributed by atoms with E-state index in [9.17, 15) is 14.7 Å². The number of nitrogens with one attached hydrogen (secondary N) is 1. The maximum Gasteiger partial charge on any atom is 0.335 e. The highest BCUT2D eigenvalue weighted by atomic mass is 16.4. The second-order valence-corrected chi connectivity index (χ2v) is 18.9. The molecule has 1 amide bonds.